The second-order valence-corrected chi connectivity index (χ2v) is 6.20. The highest BCUT2D eigenvalue weighted by Gasteiger charge is 2.45. The molecule has 0 amide bonds. The van der Waals surface area contributed by atoms with Gasteiger partial charge in [-0.3, -0.25) is 4.57 Å². The summed E-state index contributed by atoms with van der Waals surface area (Å²) >= 11 is 5.95. The van der Waals surface area contributed by atoms with Gasteiger partial charge >= 0.3 is 0 Å². The van der Waals surface area contributed by atoms with Gasteiger partial charge in [0.15, 0.2) is 23.6 Å². The van der Waals surface area contributed by atoms with Crippen molar-refractivity contribution >= 4 is 22.8 Å². The number of halogens is 2. The van der Waals surface area contributed by atoms with Crippen molar-refractivity contribution in [2.45, 2.75) is 50.8 Å². The van der Waals surface area contributed by atoms with Crippen molar-refractivity contribution in [3.63, 3.8) is 0 Å². The quantitative estimate of drug-likeness (QED) is 0.561. The molecule has 25 heavy (non-hydrogen) atoms. The Hall–Kier alpha value is -1.55. The molecule has 2 aromatic rings. The van der Waals surface area contributed by atoms with Gasteiger partial charge in [0.2, 0.25) is 11.2 Å². The Balaban J connectivity index is 1.89. The van der Waals surface area contributed by atoms with Gasteiger partial charge in [0.1, 0.15) is 12.2 Å². The van der Waals surface area contributed by atoms with Gasteiger partial charge in [0.25, 0.3) is 0 Å². The number of rotatable bonds is 7. The molecule has 0 radical (unpaired) electrons. The highest BCUT2D eigenvalue weighted by Crippen LogP contribution is 2.34. The number of hydrogen-bond acceptors (Lipinski definition) is 7. The van der Waals surface area contributed by atoms with E-state index in [-0.39, 0.29) is 16.8 Å². The number of hydrogen-bond donors (Lipinski definition) is 2. The molecule has 0 aromatic carbocycles. The van der Waals surface area contributed by atoms with Crippen LogP contribution in [0.3, 0.4) is 0 Å². The average Bonchev–Trinajstić information content (AvgIpc) is 3.13. The monoisotopic (exact) mass is 374 g/mol. The summed E-state index contributed by atoms with van der Waals surface area (Å²) in [5.41, 5.74) is 0.572. The largest absolute Gasteiger partial charge is 0.476 e. The van der Waals surface area contributed by atoms with Crippen LogP contribution in [-0.2, 0) is 4.74 Å². The first-order valence-corrected chi connectivity index (χ1v) is 8.56. The van der Waals surface area contributed by atoms with Gasteiger partial charge in [-0.1, -0.05) is 19.8 Å². The van der Waals surface area contributed by atoms with E-state index in [4.69, 9.17) is 26.2 Å². The average molecular weight is 375 g/mol. The fourth-order valence-corrected chi connectivity index (χ4v) is 2.91. The Morgan fingerprint density at radius 1 is 1.40 bits per heavy atom. The number of alkyl halides is 1. The van der Waals surface area contributed by atoms with Crippen LogP contribution < -0.4 is 4.74 Å². The molecular formula is C15H20ClFN4O4. The van der Waals surface area contributed by atoms with Gasteiger partial charge in [0, 0.05) is 0 Å². The SMILES string of the molecule is CCCCCOc1nc(Cl)nc2c1ncn2[C@@H]1O[C@H](CO)[C@@H](O)[C@@H]1F. The molecule has 1 fully saturated rings. The van der Waals surface area contributed by atoms with Crippen molar-refractivity contribution in [3.05, 3.63) is 11.6 Å². The van der Waals surface area contributed by atoms with Crippen molar-refractivity contribution in [2.75, 3.05) is 13.2 Å². The Kier molecular flexibility index (Phi) is 5.67. The lowest BCUT2D eigenvalue weighted by atomic mass is 10.1. The first kappa shape index (κ1) is 18.2. The van der Waals surface area contributed by atoms with E-state index in [0.717, 1.165) is 19.3 Å². The van der Waals surface area contributed by atoms with Crippen LogP contribution in [0.4, 0.5) is 4.39 Å². The third-order valence-electron chi connectivity index (χ3n) is 4.10. The molecule has 0 aliphatic carbocycles. The molecule has 0 spiro atoms. The summed E-state index contributed by atoms with van der Waals surface area (Å²) < 4.78 is 26.7. The van der Waals surface area contributed by atoms with Crippen LogP contribution in [-0.4, -0.2) is 61.3 Å². The van der Waals surface area contributed by atoms with Crippen molar-refractivity contribution in [3.8, 4) is 5.88 Å². The molecule has 10 heteroatoms. The smallest absolute Gasteiger partial charge is 0.246 e. The zero-order valence-electron chi connectivity index (χ0n) is 13.7. The van der Waals surface area contributed by atoms with Crippen molar-refractivity contribution in [1.82, 2.24) is 19.5 Å². The van der Waals surface area contributed by atoms with Crippen LogP contribution in [0.2, 0.25) is 5.28 Å². The Morgan fingerprint density at radius 2 is 2.20 bits per heavy atom. The maximum Gasteiger partial charge on any atom is 0.246 e. The van der Waals surface area contributed by atoms with Gasteiger partial charge in [-0.15, -0.1) is 0 Å². The van der Waals surface area contributed by atoms with Crippen LogP contribution in [0.5, 0.6) is 5.88 Å². The van der Waals surface area contributed by atoms with Gasteiger partial charge in [-0.2, -0.15) is 9.97 Å². The number of ether oxygens (including phenoxy) is 2. The van der Waals surface area contributed by atoms with E-state index in [0.29, 0.717) is 12.1 Å². The van der Waals surface area contributed by atoms with Crippen LogP contribution in [0.15, 0.2) is 6.33 Å². The van der Waals surface area contributed by atoms with Gasteiger partial charge in [0.05, 0.1) is 19.5 Å². The number of aromatic nitrogens is 4. The number of aliphatic hydroxyl groups excluding tert-OH is 2. The van der Waals surface area contributed by atoms with Gasteiger partial charge in [-0.05, 0) is 18.0 Å². The first-order chi connectivity index (χ1) is 12.1. The third-order valence-corrected chi connectivity index (χ3v) is 4.27. The Bertz CT molecular complexity index is 731. The molecule has 4 atom stereocenters. The number of nitrogens with zero attached hydrogens (tertiary/aromatic N) is 4. The number of unbranched alkanes of at least 4 members (excludes halogenated alkanes) is 2. The molecular weight excluding hydrogens is 355 g/mol. The molecule has 3 rings (SSSR count). The minimum absolute atomic E-state index is 0.0626. The van der Waals surface area contributed by atoms with Crippen molar-refractivity contribution in [2.24, 2.45) is 0 Å². The Morgan fingerprint density at radius 3 is 2.88 bits per heavy atom. The molecule has 0 unspecified atom stereocenters. The second-order valence-electron chi connectivity index (χ2n) is 5.86. The molecule has 1 saturated heterocycles. The van der Waals surface area contributed by atoms with Crippen LogP contribution in [0, 0.1) is 0 Å². The number of imidazole rings is 1. The maximum atomic E-state index is 14.4. The fourth-order valence-electron chi connectivity index (χ4n) is 2.75. The van der Waals surface area contributed by atoms with Gasteiger partial charge < -0.3 is 19.7 Å². The molecule has 8 nitrogen and oxygen atoms in total. The molecule has 1 aliphatic heterocycles. The molecule has 2 aromatic heterocycles. The van der Waals surface area contributed by atoms with E-state index in [1.165, 1.54) is 10.9 Å². The molecule has 2 N–H and O–H groups in total. The number of fused-ring (bicyclic) bond motifs is 1. The molecule has 3 heterocycles. The lowest BCUT2D eigenvalue weighted by molar-refractivity contribution is -0.0459. The summed E-state index contributed by atoms with van der Waals surface area (Å²) in [7, 11) is 0. The summed E-state index contributed by atoms with van der Waals surface area (Å²) in [6, 6.07) is 0. The summed E-state index contributed by atoms with van der Waals surface area (Å²) in [5.74, 6) is 0.220. The predicted molar refractivity (Wildman–Crippen MR) is 87.3 cm³/mol. The minimum Gasteiger partial charge on any atom is -0.476 e. The van der Waals surface area contributed by atoms with Crippen LogP contribution >= 0.6 is 11.6 Å². The van der Waals surface area contributed by atoms with Crippen molar-refractivity contribution in [1.29, 1.82) is 0 Å². The maximum absolute atomic E-state index is 14.4. The topological polar surface area (TPSA) is 103 Å². The molecule has 0 bridgehead atoms. The van der Waals surface area contributed by atoms with E-state index in [2.05, 4.69) is 21.9 Å². The standard InChI is InChI=1S/C15H20ClFN4O4/c1-2-3-4-5-24-13-10-12(19-15(16)20-13)21(7-18-10)14-9(17)11(23)8(6-22)25-14/h7-9,11,14,22-23H,2-6H2,1H3/t8-,9+,11-,14-/m1/s1. The summed E-state index contributed by atoms with van der Waals surface area (Å²) in [6.45, 7) is 2.05. The van der Waals surface area contributed by atoms with E-state index in [1.807, 2.05) is 0 Å². The lowest BCUT2D eigenvalue weighted by Gasteiger charge is -2.15. The zero-order chi connectivity index (χ0) is 18.0. The summed E-state index contributed by atoms with van der Waals surface area (Å²) in [5, 5.41) is 18.9. The predicted octanol–water partition coefficient (Wildman–Crippen LogP) is 1.64. The van der Waals surface area contributed by atoms with Crippen LogP contribution in [0.1, 0.15) is 32.4 Å². The van der Waals surface area contributed by atoms with Crippen molar-refractivity contribution < 1.29 is 24.1 Å². The fraction of sp³-hybridized carbons (Fsp3) is 0.667. The summed E-state index contributed by atoms with van der Waals surface area (Å²) in [6.07, 6.45) is -1.08. The van der Waals surface area contributed by atoms with E-state index < -0.39 is 31.2 Å². The highest BCUT2D eigenvalue weighted by atomic mass is 35.5. The molecule has 0 saturated carbocycles. The third kappa shape index (κ3) is 3.55. The highest BCUT2D eigenvalue weighted by molar-refractivity contribution is 6.28. The van der Waals surface area contributed by atoms with E-state index in [9.17, 15) is 9.50 Å². The molecule has 1 aliphatic rings. The number of aliphatic hydroxyl groups is 2. The lowest BCUT2D eigenvalue weighted by Crippen LogP contribution is -2.30. The van der Waals surface area contributed by atoms with E-state index >= 15 is 0 Å². The normalized spacial score (nSPS) is 26.4. The first-order valence-electron chi connectivity index (χ1n) is 8.18. The van der Waals surface area contributed by atoms with Gasteiger partial charge in [-0.25, -0.2) is 9.37 Å². The molecule has 138 valence electrons. The van der Waals surface area contributed by atoms with E-state index in [1.54, 1.807) is 0 Å². The Labute approximate surface area is 148 Å². The summed E-state index contributed by atoms with van der Waals surface area (Å²) in [4.78, 5) is 12.3. The second kappa shape index (κ2) is 7.77. The zero-order valence-corrected chi connectivity index (χ0v) is 14.4. The minimum atomic E-state index is -1.74. The van der Waals surface area contributed by atoms with Crippen LogP contribution in [0.25, 0.3) is 11.2 Å².